The molecule has 0 aliphatic heterocycles. The molecule has 3 N–H and O–H groups in total. The van der Waals surface area contributed by atoms with Crippen LogP contribution < -0.4 is 5.73 Å². The molecule has 0 spiro atoms. The number of hydrogen-bond donors (Lipinski definition) is 2. The number of nitrogens with two attached hydrogens (primary N) is 1. The van der Waals surface area contributed by atoms with Gasteiger partial charge >= 0.3 is 12.1 Å². The molecule has 0 saturated heterocycles. The number of aromatic carboxylic acids is 1. The van der Waals surface area contributed by atoms with Crippen molar-refractivity contribution in [1.82, 2.24) is 9.78 Å². The summed E-state index contributed by atoms with van der Waals surface area (Å²) < 4.78 is 39.2. The number of hydrogen-bond acceptors (Lipinski definition) is 3. The first kappa shape index (κ1) is 17.4. The molecular formula is C13H10Cl2F3N3O2. The second-order valence-electron chi connectivity index (χ2n) is 4.56. The summed E-state index contributed by atoms with van der Waals surface area (Å²) in [5.74, 6) is -1.57. The van der Waals surface area contributed by atoms with Crippen LogP contribution in [0.25, 0.3) is 5.69 Å². The van der Waals surface area contributed by atoms with Gasteiger partial charge < -0.3 is 10.8 Å². The van der Waals surface area contributed by atoms with Gasteiger partial charge in [0.15, 0.2) is 0 Å². The van der Waals surface area contributed by atoms with Crippen molar-refractivity contribution in [3.8, 4) is 5.69 Å². The first-order valence-corrected chi connectivity index (χ1v) is 7.00. The Morgan fingerprint density at radius 3 is 2.22 bits per heavy atom. The van der Waals surface area contributed by atoms with E-state index < -0.39 is 17.7 Å². The molecule has 0 amide bonds. The SMILES string of the molecule is CCc1nn(-c2c(Cl)cc(C(F)(F)F)cc2Cl)c(N)c1C(=O)O. The molecule has 2 rings (SSSR count). The zero-order valence-corrected chi connectivity index (χ0v) is 13.1. The van der Waals surface area contributed by atoms with Crippen molar-refractivity contribution in [3.63, 3.8) is 0 Å². The van der Waals surface area contributed by atoms with Crippen LogP contribution in [-0.2, 0) is 12.6 Å². The van der Waals surface area contributed by atoms with Gasteiger partial charge in [0, 0.05) is 0 Å². The van der Waals surface area contributed by atoms with E-state index in [2.05, 4.69) is 5.10 Å². The highest BCUT2D eigenvalue weighted by molar-refractivity contribution is 6.38. The van der Waals surface area contributed by atoms with E-state index in [1.807, 2.05) is 0 Å². The van der Waals surface area contributed by atoms with Gasteiger partial charge in [-0.25, -0.2) is 9.48 Å². The van der Waals surface area contributed by atoms with E-state index in [1.165, 1.54) is 0 Å². The summed E-state index contributed by atoms with van der Waals surface area (Å²) in [6.07, 6.45) is -4.36. The number of carbonyl (C=O) groups is 1. The van der Waals surface area contributed by atoms with Crippen molar-refractivity contribution in [2.45, 2.75) is 19.5 Å². The van der Waals surface area contributed by atoms with Gasteiger partial charge in [-0.2, -0.15) is 18.3 Å². The summed E-state index contributed by atoms with van der Waals surface area (Å²) >= 11 is 11.8. The van der Waals surface area contributed by atoms with Crippen molar-refractivity contribution in [1.29, 1.82) is 0 Å². The summed E-state index contributed by atoms with van der Waals surface area (Å²) in [6, 6.07) is 1.35. The topological polar surface area (TPSA) is 81.1 Å². The Hall–Kier alpha value is -1.93. The van der Waals surface area contributed by atoms with Gasteiger partial charge in [-0.05, 0) is 18.6 Å². The van der Waals surface area contributed by atoms with Gasteiger partial charge in [0.2, 0.25) is 0 Å². The number of carboxylic acids is 1. The molecular weight excluding hydrogens is 358 g/mol. The third-order valence-electron chi connectivity index (χ3n) is 3.10. The summed E-state index contributed by atoms with van der Waals surface area (Å²) in [4.78, 5) is 11.3. The van der Waals surface area contributed by atoms with Gasteiger partial charge in [0.1, 0.15) is 17.1 Å². The molecule has 1 aromatic carbocycles. The zero-order valence-electron chi connectivity index (χ0n) is 11.6. The van der Waals surface area contributed by atoms with Crippen LogP contribution in [0.4, 0.5) is 19.0 Å². The van der Waals surface area contributed by atoms with Crippen LogP contribution >= 0.6 is 23.2 Å². The molecule has 0 unspecified atom stereocenters. The van der Waals surface area contributed by atoms with Crippen molar-refractivity contribution >= 4 is 35.0 Å². The maximum Gasteiger partial charge on any atom is 0.416 e. The average Bonchev–Trinajstić information content (AvgIpc) is 2.74. The standard InChI is InChI=1S/C13H10Cl2F3N3O2/c1-2-8-9(12(22)23)11(19)21(20-8)10-6(14)3-5(4-7(10)15)13(16,17)18/h3-4H,2,19H2,1H3,(H,22,23). The van der Waals surface area contributed by atoms with Crippen LogP contribution in [0.1, 0.15) is 28.5 Å². The molecule has 0 aliphatic rings. The van der Waals surface area contributed by atoms with Crippen molar-refractivity contribution in [2.24, 2.45) is 0 Å². The lowest BCUT2D eigenvalue weighted by Crippen LogP contribution is -2.09. The molecule has 0 saturated carbocycles. The largest absolute Gasteiger partial charge is 0.477 e. The number of nitrogens with zero attached hydrogens (tertiary/aromatic N) is 2. The number of benzene rings is 1. The molecule has 1 aromatic heterocycles. The molecule has 2 aromatic rings. The highest BCUT2D eigenvalue weighted by atomic mass is 35.5. The second-order valence-corrected chi connectivity index (χ2v) is 5.38. The van der Waals surface area contributed by atoms with E-state index in [0.717, 1.165) is 4.68 Å². The van der Waals surface area contributed by atoms with Crippen LogP contribution in [-0.4, -0.2) is 20.9 Å². The molecule has 10 heteroatoms. The Balaban J connectivity index is 2.71. The molecule has 0 bridgehead atoms. The summed E-state index contributed by atoms with van der Waals surface area (Å²) in [7, 11) is 0. The number of anilines is 1. The molecule has 0 atom stereocenters. The fraction of sp³-hybridized carbons (Fsp3) is 0.231. The highest BCUT2D eigenvalue weighted by Crippen LogP contribution is 2.38. The first-order chi connectivity index (χ1) is 10.6. The second kappa shape index (κ2) is 5.93. The predicted molar refractivity (Wildman–Crippen MR) is 79.3 cm³/mol. The fourth-order valence-electron chi connectivity index (χ4n) is 2.06. The quantitative estimate of drug-likeness (QED) is 0.857. The summed E-state index contributed by atoms with van der Waals surface area (Å²) in [5.41, 5.74) is 4.54. The molecule has 1 heterocycles. The van der Waals surface area contributed by atoms with Crippen molar-refractivity contribution in [3.05, 3.63) is 39.0 Å². The third kappa shape index (κ3) is 3.09. The highest BCUT2D eigenvalue weighted by Gasteiger charge is 2.33. The Kier molecular flexibility index (Phi) is 4.50. The van der Waals surface area contributed by atoms with Gasteiger partial charge in [0.05, 0.1) is 21.3 Å². The third-order valence-corrected chi connectivity index (χ3v) is 3.67. The Labute approximate surface area is 138 Å². The number of halogens is 5. The number of aryl methyl sites for hydroxylation is 1. The van der Waals surface area contributed by atoms with Crippen LogP contribution in [0.15, 0.2) is 12.1 Å². The Morgan fingerprint density at radius 1 is 1.35 bits per heavy atom. The van der Waals surface area contributed by atoms with Gasteiger partial charge in [0.25, 0.3) is 0 Å². The Morgan fingerprint density at radius 2 is 1.87 bits per heavy atom. The minimum atomic E-state index is -4.62. The van der Waals surface area contributed by atoms with Gasteiger partial charge in [-0.3, -0.25) is 0 Å². The van der Waals surface area contributed by atoms with Crippen LogP contribution in [0.2, 0.25) is 10.0 Å². The van der Waals surface area contributed by atoms with Gasteiger partial charge in [-0.1, -0.05) is 30.1 Å². The van der Waals surface area contributed by atoms with E-state index in [9.17, 15) is 23.1 Å². The van der Waals surface area contributed by atoms with E-state index in [4.69, 9.17) is 28.9 Å². The van der Waals surface area contributed by atoms with E-state index in [0.29, 0.717) is 12.1 Å². The number of alkyl halides is 3. The number of carboxylic acid groups (broad SMARTS) is 1. The lowest BCUT2D eigenvalue weighted by Gasteiger charge is -2.13. The molecule has 23 heavy (non-hydrogen) atoms. The normalized spacial score (nSPS) is 11.7. The summed E-state index contributed by atoms with van der Waals surface area (Å²) in [5, 5.41) is 12.5. The molecule has 5 nitrogen and oxygen atoms in total. The van der Waals surface area contributed by atoms with Crippen molar-refractivity contribution < 1.29 is 23.1 Å². The Bertz CT molecular complexity index is 764. The lowest BCUT2D eigenvalue weighted by molar-refractivity contribution is -0.137. The van der Waals surface area contributed by atoms with E-state index >= 15 is 0 Å². The monoisotopic (exact) mass is 367 g/mol. The number of nitrogen functional groups attached to an aromatic ring is 1. The van der Waals surface area contributed by atoms with Gasteiger partial charge in [-0.15, -0.1) is 0 Å². The number of rotatable bonds is 3. The predicted octanol–water partition coefficient (Wildman–Crippen LogP) is 4.04. The minimum absolute atomic E-state index is 0.110. The smallest absolute Gasteiger partial charge is 0.416 e. The van der Waals surface area contributed by atoms with Crippen LogP contribution in [0, 0.1) is 0 Å². The molecule has 0 radical (unpaired) electrons. The van der Waals surface area contributed by atoms with Crippen molar-refractivity contribution in [2.75, 3.05) is 5.73 Å². The molecule has 124 valence electrons. The first-order valence-electron chi connectivity index (χ1n) is 6.25. The van der Waals surface area contributed by atoms with E-state index in [-0.39, 0.29) is 39.2 Å². The maximum atomic E-state index is 12.7. The van der Waals surface area contributed by atoms with E-state index in [1.54, 1.807) is 6.92 Å². The molecule has 0 aliphatic carbocycles. The zero-order chi connectivity index (χ0) is 17.5. The van der Waals surface area contributed by atoms with Crippen LogP contribution in [0.5, 0.6) is 0 Å². The fourth-order valence-corrected chi connectivity index (χ4v) is 2.71. The average molecular weight is 368 g/mol. The maximum absolute atomic E-state index is 12.7. The minimum Gasteiger partial charge on any atom is -0.477 e. The summed E-state index contributed by atoms with van der Waals surface area (Å²) in [6.45, 7) is 1.66. The van der Waals surface area contributed by atoms with Crippen LogP contribution in [0.3, 0.4) is 0 Å². The molecule has 0 fully saturated rings. The number of aromatic nitrogens is 2. The lowest BCUT2D eigenvalue weighted by atomic mass is 10.2.